The molecule has 0 aromatic rings. The van der Waals surface area contributed by atoms with E-state index in [2.05, 4.69) is 0 Å². The van der Waals surface area contributed by atoms with Gasteiger partial charge in [-0.3, -0.25) is 9.59 Å². The van der Waals surface area contributed by atoms with Gasteiger partial charge in [0.05, 0.1) is 23.0 Å². The summed E-state index contributed by atoms with van der Waals surface area (Å²) < 4.78 is 5.98. The summed E-state index contributed by atoms with van der Waals surface area (Å²) >= 11 is 0. The van der Waals surface area contributed by atoms with Crippen LogP contribution in [0, 0.1) is 11.8 Å². The van der Waals surface area contributed by atoms with Crippen LogP contribution in [0.25, 0.3) is 0 Å². The van der Waals surface area contributed by atoms with Gasteiger partial charge >= 0.3 is 5.97 Å². The van der Waals surface area contributed by atoms with Crippen molar-refractivity contribution in [3.8, 4) is 0 Å². The third kappa shape index (κ3) is 3.64. The molecule has 1 amide bonds. The molecule has 118 valence electrons. The first-order valence-corrected chi connectivity index (χ1v) is 7.48. The van der Waals surface area contributed by atoms with Gasteiger partial charge in [0.15, 0.2) is 0 Å². The van der Waals surface area contributed by atoms with Crippen molar-refractivity contribution in [3.05, 3.63) is 12.2 Å². The molecule has 1 N–H and O–H groups in total. The summed E-state index contributed by atoms with van der Waals surface area (Å²) in [4.78, 5) is 26.0. The number of carbonyl (C=O) groups is 2. The average molecular weight is 295 g/mol. The second kappa shape index (κ2) is 5.44. The van der Waals surface area contributed by atoms with Crippen molar-refractivity contribution in [2.24, 2.45) is 11.8 Å². The molecular formula is C16H25NO4. The van der Waals surface area contributed by atoms with E-state index in [4.69, 9.17) is 4.74 Å². The zero-order valence-electron chi connectivity index (χ0n) is 13.3. The number of aliphatic carboxylic acids is 1. The molecular weight excluding hydrogens is 270 g/mol. The molecule has 1 aliphatic heterocycles. The van der Waals surface area contributed by atoms with Crippen LogP contribution in [0.15, 0.2) is 12.2 Å². The van der Waals surface area contributed by atoms with Crippen molar-refractivity contribution < 1.29 is 19.4 Å². The fraction of sp³-hybridized carbons (Fsp3) is 0.750. The van der Waals surface area contributed by atoms with Crippen molar-refractivity contribution in [2.75, 3.05) is 13.1 Å². The second-order valence-electron chi connectivity index (χ2n) is 7.31. The van der Waals surface area contributed by atoms with Crippen LogP contribution in [0.1, 0.15) is 40.5 Å². The highest BCUT2D eigenvalue weighted by Crippen LogP contribution is 2.33. The number of morpholine rings is 1. The van der Waals surface area contributed by atoms with Crippen molar-refractivity contribution in [1.82, 2.24) is 4.90 Å². The van der Waals surface area contributed by atoms with E-state index in [-0.39, 0.29) is 5.91 Å². The van der Waals surface area contributed by atoms with Crippen LogP contribution in [0.2, 0.25) is 0 Å². The Hall–Kier alpha value is -1.36. The molecule has 2 aliphatic rings. The molecule has 0 bridgehead atoms. The lowest BCUT2D eigenvalue weighted by Crippen LogP contribution is -2.60. The SMILES string of the molecule is CC1(C)CN(C(=O)[C@@H]2CC=CC[C@@H]2C(=O)O)CC(C)(C)O1. The zero-order valence-corrected chi connectivity index (χ0v) is 13.3. The molecule has 2 atom stereocenters. The Kier molecular flexibility index (Phi) is 4.15. The van der Waals surface area contributed by atoms with Gasteiger partial charge in [0, 0.05) is 13.1 Å². The second-order valence-corrected chi connectivity index (χ2v) is 7.31. The standard InChI is InChI=1S/C16H25NO4/c1-15(2)9-17(10-16(3,4)21-15)13(18)11-7-5-6-8-12(11)14(19)20/h5-6,11-12H,7-10H2,1-4H3,(H,19,20)/t11-,12+/m1/s1. The molecule has 0 aromatic heterocycles. The van der Waals surface area contributed by atoms with Crippen LogP contribution in [0.5, 0.6) is 0 Å². The summed E-state index contributed by atoms with van der Waals surface area (Å²) in [5.74, 6) is -2.02. The third-order valence-corrected chi connectivity index (χ3v) is 4.07. The minimum Gasteiger partial charge on any atom is -0.481 e. The van der Waals surface area contributed by atoms with Gasteiger partial charge in [-0.2, -0.15) is 0 Å². The Morgan fingerprint density at radius 2 is 1.52 bits per heavy atom. The highest BCUT2D eigenvalue weighted by atomic mass is 16.5. The number of rotatable bonds is 2. The van der Waals surface area contributed by atoms with Crippen molar-refractivity contribution in [2.45, 2.75) is 51.7 Å². The monoisotopic (exact) mass is 295 g/mol. The van der Waals surface area contributed by atoms with Crippen LogP contribution in [-0.2, 0) is 14.3 Å². The first kappa shape index (κ1) is 16.0. The lowest BCUT2D eigenvalue weighted by molar-refractivity contribution is -0.191. The average Bonchev–Trinajstić information content (AvgIpc) is 2.34. The van der Waals surface area contributed by atoms with Crippen molar-refractivity contribution >= 4 is 11.9 Å². The number of hydrogen-bond acceptors (Lipinski definition) is 3. The largest absolute Gasteiger partial charge is 0.481 e. The zero-order chi connectivity index (χ0) is 15.8. The molecule has 0 saturated carbocycles. The van der Waals surface area contributed by atoms with Gasteiger partial charge in [-0.05, 0) is 40.5 Å². The Morgan fingerprint density at radius 3 is 2.00 bits per heavy atom. The van der Waals surface area contributed by atoms with Gasteiger partial charge in [0.2, 0.25) is 5.91 Å². The predicted molar refractivity (Wildman–Crippen MR) is 78.8 cm³/mol. The molecule has 1 heterocycles. The molecule has 1 saturated heterocycles. The van der Waals surface area contributed by atoms with E-state index >= 15 is 0 Å². The van der Waals surface area contributed by atoms with Gasteiger partial charge in [-0.25, -0.2) is 0 Å². The molecule has 1 fully saturated rings. The number of ether oxygens (including phenoxy) is 1. The number of amides is 1. The molecule has 0 radical (unpaired) electrons. The fourth-order valence-corrected chi connectivity index (χ4v) is 3.54. The number of allylic oxidation sites excluding steroid dienone is 2. The molecule has 21 heavy (non-hydrogen) atoms. The lowest BCUT2D eigenvalue weighted by Gasteiger charge is -2.48. The first-order chi connectivity index (χ1) is 9.61. The van der Waals surface area contributed by atoms with Gasteiger partial charge < -0.3 is 14.7 Å². The summed E-state index contributed by atoms with van der Waals surface area (Å²) in [5, 5.41) is 9.33. The maximum atomic E-state index is 12.8. The Morgan fingerprint density at radius 1 is 1.05 bits per heavy atom. The smallest absolute Gasteiger partial charge is 0.307 e. The minimum absolute atomic E-state index is 0.0591. The number of carboxylic acids is 1. The lowest BCUT2D eigenvalue weighted by atomic mass is 9.81. The number of carbonyl (C=O) groups excluding carboxylic acids is 1. The summed E-state index contributed by atoms with van der Waals surface area (Å²) in [6.45, 7) is 8.85. The molecule has 5 nitrogen and oxygen atoms in total. The van der Waals surface area contributed by atoms with E-state index in [9.17, 15) is 14.7 Å². The van der Waals surface area contributed by atoms with Crippen LogP contribution in [0.4, 0.5) is 0 Å². The number of nitrogens with zero attached hydrogens (tertiary/aromatic N) is 1. The third-order valence-electron chi connectivity index (χ3n) is 4.07. The quantitative estimate of drug-likeness (QED) is 0.792. The minimum atomic E-state index is -0.885. The number of carboxylic acid groups (broad SMARTS) is 1. The highest BCUT2D eigenvalue weighted by Gasteiger charge is 2.43. The molecule has 0 unspecified atom stereocenters. The Balaban J connectivity index is 2.18. The van der Waals surface area contributed by atoms with E-state index < -0.39 is 29.0 Å². The Labute approximate surface area is 126 Å². The predicted octanol–water partition coefficient (Wildman–Crippen LogP) is 2.07. The molecule has 2 rings (SSSR count). The highest BCUT2D eigenvalue weighted by molar-refractivity contribution is 5.85. The molecule has 0 spiro atoms. The van der Waals surface area contributed by atoms with Gasteiger partial charge in [0.1, 0.15) is 0 Å². The summed E-state index contributed by atoms with van der Waals surface area (Å²) in [6, 6.07) is 0. The van der Waals surface area contributed by atoms with Crippen LogP contribution >= 0.6 is 0 Å². The summed E-state index contributed by atoms with van der Waals surface area (Å²) in [5.41, 5.74) is -0.832. The topological polar surface area (TPSA) is 66.8 Å². The maximum Gasteiger partial charge on any atom is 0.307 e. The molecule has 0 aromatic carbocycles. The summed E-state index contributed by atoms with van der Waals surface area (Å²) in [7, 11) is 0. The van der Waals surface area contributed by atoms with E-state index in [1.165, 1.54) is 0 Å². The van der Waals surface area contributed by atoms with Crippen LogP contribution in [-0.4, -0.2) is 46.2 Å². The van der Waals surface area contributed by atoms with Gasteiger partial charge in [-0.1, -0.05) is 12.2 Å². The normalized spacial score (nSPS) is 31.0. The van der Waals surface area contributed by atoms with Crippen LogP contribution in [0.3, 0.4) is 0 Å². The van der Waals surface area contributed by atoms with Gasteiger partial charge in [-0.15, -0.1) is 0 Å². The van der Waals surface area contributed by atoms with E-state index in [0.29, 0.717) is 25.9 Å². The molecule has 5 heteroatoms. The summed E-state index contributed by atoms with van der Waals surface area (Å²) in [6.07, 6.45) is 4.71. The van der Waals surface area contributed by atoms with E-state index in [1.54, 1.807) is 4.90 Å². The van der Waals surface area contributed by atoms with Crippen molar-refractivity contribution in [1.29, 1.82) is 0 Å². The first-order valence-electron chi connectivity index (χ1n) is 7.48. The van der Waals surface area contributed by atoms with Gasteiger partial charge in [0.25, 0.3) is 0 Å². The van der Waals surface area contributed by atoms with Crippen molar-refractivity contribution in [3.63, 3.8) is 0 Å². The number of hydrogen-bond donors (Lipinski definition) is 1. The van der Waals surface area contributed by atoms with Crippen LogP contribution < -0.4 is 0 Å². The fourth-order valence-electron chi connectivity index (χ4n) is 3.54. The maximum absolute atomic E-state index is 12.8. The Bertz CT molecular complexity index is 451. The molecule has 1 aliphatic carbocycles. The van der Waals surface area contributed by atoms with E-state index in [0.717, 1.165) is 0 Å². The van der Waals surface area contributed by atoms with E-state index in [1.807, 2.05) is 39.8 Å².